The maximum Gasteiger partial charge on any atom is 0.329 e. The maximum atomic E-state index is 10.6. The van der Waals surface area contributed by atoms with Crippen molar-refractivity contribution < 1.29 is 9.90 Å². The maximum absolute atomic E-state index is 10.6. The van der Waals surface area contributed by atoms with E-state index in [1.165, 1.54) is 23.1 Å². The number of halogens is 1. The van der Waals surface area contributed by atoms with Crippen LogP contribution in [0.15, 0.2) is 17.1 Å². The highest BCUT2D eigenvalue weighted by Crippen LogP contribution is 2.30. The van der Waals surface area contributed by atoms with E-state index in [-0.39, 0.29) is 0 Å². The average molecular weight is 248 g/mol. The molecule has 2 heterocycles. The third-order valence-electron chi connectivity index (χ3n) is 1.72. The van der Waals surface area contributed by atoms with E-state index >= 15 is 0 Å². The minimum absolute atomic E-state index is 0.514. The van der Waals surface area contributed by atoms with Gasteiger partial charge in [0.05, 0.1) is 9.21 Å². The molecule has 1 aromatic heterocycles. The third-order valence-corrected chi connectivity index (χ3v) is 4.17. The van der Waals surface area contributed by atoms with Crippen LogP contribution in [0, 0.1) is 0 Å². The molecule has 0 saturated heterocycles. The van der Waals surface area contributed by atoms with E-state index in [1.54, 1.807) is 6.07 Å². The third kappa shape index (κ3) is 1.94. The smallest absolute Gasteiger partial charge is 0.329 e. The summed E-state index contributed by atoms with van der Waals surface area (Å²) in [5.74, 6) is -0.352. The molecule has 0 amide bonds. The molecule has 0 fully saturated rings. The van der Waals surface area contributed by atoms with Gasteiger partial charge in [0, 0.05) is 5.75 Å². The van der Waals surface area contributed by atoms with Crippen LogP contribution in [0.4, 0.5) is 0 Å². The predicted molar refractivity (Wildman–Crippen MR) is 59.7 cm³/mol. The van der Waals surface area contributed by atoms with Crippen LogP contribution in [0.1, 0.15) is 4.88 Å². The van der Waals surface area contributed by atoms with Gasteiger partial charge in [-0.2, -0.15) is 0 Å². The van der Waals surface area contributed by atoms with Crippen LogP contribution in [0.5, 0.6) is 0 Å². The van der Waals surface area contributed by atoms with Gasteiger partial charge >= 0.3 is 5.97 Å². The van der Waals surface area contributed by atoms with Crippen molar-refractivity contribution in [3.8, 4) is 0 Å². The fourth-order valence-electron chi connectivity index (χ4n) is 1.06. The molecule has 1 atom stereocenters. The summed E-state index contributed by atoms with van der Waals surface area (Å²) in [7, 11) is 0. The van der Waals surface area contributed by atoms with Gasteiger partial charge in [0.1, 0.15) is 5.04 Å². The van der Waals surface area contributed by atoms with Crippen molar-refractivity contribution in [3.63, 3.8) is 0 Å². The highest BCUT2D eigenvalue weighted by atomic mass is 35.5. The van der Waals surface area contributed by atoms with Crippen LogP contribution >= 0.6 is 34.7 Å². The standard InChI is InChI=1S/C8H6ClNO2S2/c9-6-2-1-5(14-6)7-10-4(3-13-7)8(11)12/h1-2,4H,3H2,(H,11,12). The van der Waals surface area contributed by atoms with Gasteiger partial charge in [-0.25, -0.2) is 4.79 Å². The molecule has 6 heteroatoms. The van der Waals surface area contributed by atoms with Crippen LogP contribution in [-0.4, -0.2) is 27.9 Å². The SMILES string of the molecule is O=C(O)C1CSC(c2ccc(Cl)s2)=N1. The lowest BCUT2D eigenvalue weighted by Crippen LogP contribution is -2.17. The predicted octanol–water partition coefficient (Wildman–Crippen LogP) is 2.35. The van der Waals surface area contributed by atoms with E-state index in [0.717, 1.165) is 9.92 Å². The molecule has 0 radical (unpaired) electrons. The molecule has 1 aromatic rings. The number of thiophene rings is 1. The van der Waals surface area contributed by atoms with Crippen LogP contribution in [0.25, 0.3) is 0 Å². The number of carbonyl (C=O) groups is 1. The molecule has 0 spiro atoms. The van der Waals surface area contributed by atoms with Gasteiger partial charge in [-0.15, -0.1) is 23.1 Å². The summed E-state index contributed by atoms with van der Waals surface area (Å²) in [5, 5.41) is 9.53. The first kappa shape index (κ1) is 10.0. The van der Waals surface area contributed by atoms with Crippen molar-refractivity contribution in [2.24, 2.45) is 4.99 Å². The lowest BCUT2D eigenvalue weighted by molar-refractivity contribution is -0.137. The van der Waals surface area contributed by atoms with Gasteiger partial charge in [0.2, 0.25) is 0 Å². The van der Waals surface area contributed by atoms with Crippen LogP contribution in [0.3, 0.4) is 0 Å². The number of thioether (sulfide) groups is 1. The molecular formula is C8H6ClNO2S2. The monoisotopic (exact) mass is 247 g/mol. The minimum atomic E-state index is -0.866. The molecule has 14 heavy (non-hydrogen) atoms. The summed E-state index contributed by atoms with van der Waals surface area (Å²) in [6.45, 7) is 0. The van der Waals surface area contributed by atoms with Crippen molar-refractivity contribution in [1.29, 1.82) is 0 Å². The zero-order valence-corrected chi connectivity index (χ0v) is 9.33. The Morgan fingerprint density at radius 2 is 2.43 bits per heavy atom. The number of aliphatic carboxylic acids is 1. The summed E-state index contributed by atoms with van der Waals surface area (Å²) in [6.07, 6.45) is 0. The van der Waals surface area contributed by atoms with Crippen LogP contribution < -0.4 is 0 Å². The van der Waals surface area contributed by atoms with Crippen molar-refractivity contribution in [2.75, 3.05) is 5.75 Å². The fourth-order valence-corrected chi connectivity index (χ4v) is 3.25. The number of carboxylic acid groups (broad SMARTS) is 1. The minimum Gasteiger partial charge on any atom is -0.480 e. The number of hydrogen-bond acceptors (Lipinski definition) is 4. The molecule has 1 N–H and O–H groups in total. The summed E-state index contributed by atoms with van der Waals surface area (Å²) < 4.78 is 0.696. The lowest BCUT2D eigenvalue weighted by atomic mass is 10.4. The first-order valence-corrected chi connectivity index (χ1v) is 6.04. The Bertz CT molecular complexity index is 402. The van der Waals surface area contributed by atoms with Gasteiger partial charge in [0.15, 0.2) is 6.04 Å². The highest BCUT2D eigenvalue weighted by molar-refractivity contribution is 8.15. The van der Waals surface area contributed by atoms with Crippen molar-refractivity contribution in [3.05, 3.63) is 21.3 Å². The quantitative estimate of drug-likeness (QED) is 0.873. The van der Waals surface area contributed by atoms with Crippen molar-refractivity contribution in [1.82, 2.24) is 0 Å². The molecule has 2 rings (SSSR count). The molecular weight excluding hydrogens is 242 g/mol. The van der Waals surface area contributed by atoms with Gasteiger partial charge < -0.3 is 5.11 Å². The van der Waals surface area contributed by atoms with Crippen molar-refractivity contribution >= 4 is 45.7 Å². The molecule has 1 unspecified atom stereocenters. The van der Waals surface area contributed by atoms with Crippen LogP contribution in [0.2, 0.25) is 4.34 Å². The first-order valence-electron chi connectivity index (χ1n) is 3.86. The Balaban J connectivity index is 2.21. The molecule has 0 bridgehead atoms. The molecule has 0 aliphatic carbocycles. The van der Waals surface area contributed by atoms with E-state index in [4.69, 9.17) is 16.7 Å². The topological polar surface area (TPSA) is 49.7 Å². The Labute approximate surface area is 93.8 Å². The van der Waals surface area contributed by atoms with E-state index in [2.05, 4.69) is 4.99 Å². The second-order valence-electron chi connectivity index (χ2n) is 2.70. The number of carboxylic acids is 1. The Kier molecular flexibility index (Phi) is 2.80. The van der Waals surface area contributed by atoms with E-state index in [1.807, 2.05) is 6.07 Å². The first-order chi connectivity index (χ1) is 6.66. The molecule has 0 saturated carbocycles. The zero-order valence-electron chi connectivity index (χ0n) is 6.94. The number of hydrogen-bond donors (Lipinski definition) is 1. The second-order valence-corrected chi connectivity index (χ2v) is 5.43. The second kappa shape index (κ2) is 3.92. The number of nitrogens with zero attached hydrogens (tertiary/aromatic N) is 1. The molecule has 1 aliphatic heterocycles. The molecule has 3 nitrogen and oxygen atoms in total. The largest absolute Gasteiger partial charge is 0.480 e. The van der Waals surface area contributed by atoms with Gasteiger partial charge in [-0.1, -0.05) is 11.6 Å². The van der Waals surface area contributed by atoms with E-state index in [9.17, 15) is 4.79 Å². The van der Waals surface area contributed by atoms with Gasteiger partial charge in [-0.05, 0) is 12.1 Å². The Morgan fingerprint density at radius 1 is 1.64 bits per heavy atom. The lowest BCUT2D eigenvalue weighted by Gasteiger charge is -1.93. The summed E-state index contributed by atoms with van der Waals surface area (Å²) in [4.78, 5) is 15.7. The average Bonchev–Trinajstić information content (AvgIpc) is 2.70. The molecule has 74 valence electrons. The Morgan fingerprint density at radius 3 is 2.93 bits per heavy atom. The van der Waals surface area contributed by atoms with Crippen LogP contribution in [-0.2, 0) is 4.79 Å². The van der Waals surface area contributed by atoms with Crippen molar-refractivity contribution in [2.45, 2.75) is 6.04 Å². The fraction of sp³-hybridized carbons (Fsp3) is 0.250. The number of rotatable bonds is 2. The Hall–Kier alpha value is -0.520. The molecule has 1 aliphatic rings. The summed E-state index contributed by atoms with van der Waals surface area (Å²) >= 11 is 8.66. The van der Waals surface area contributed by atoms with E-state index < -0.39 is 12.0 Å². The van der Waals surface area contributed by atoms with Gasteiger partial charge in [-0.3, -0.25) is 4.99 Å². The highest BCUT2D eigenvalue weighted by Gasteiger charge is 2.25. The van der Waals surface area contributed by atoms with Gasteiger partial charge in [0.25, 0.3) is 0 Å². The normalized spacial score (nSPS) is 20.9. The summed E-state index contributed by atoms with van der Waals surface area (Å²) in [6, 6.07) is 3.05. The molecule has 0 aromatic carbocycles. The summed E-state index contributed by atoms with van der Waals surface area (Å²) in [5.41, 5.74) is 0. The van der Waals surface area contributed by atoms with E-state index in [0.29, 0.717) is 10.1 Å². The number of aliphatic imine (C=N–C) groups is 1. The zero-order chi connectivity index (χ0) is 10.1.